The van der Waals surface area contributed by atoms with Gasteiger partial charge in [0.25, 0.3) is 0 Å². The maximum atomic E-state index is 13.1. The number of aliphatic imine (C=N–C) groups is 1. The molecule has 1 fully saturated rings. The van der Waals surface area contributed by atoms with E-state index < -0.39 is 11.8 Å². The molecule has 8 heteroatoms. The second-order valence-electron chi connectivity index (χ2n) is 3.84. The number of rotatable bonds is 1. The minimum Gasteiger partial charge on any atom is -0.353 e. The third-order valence-electron chi connectivity index (χ3n) is 2.42. The predicted molar refractivity (Wildman–Crippen MR) is 83.3 cm³/mol. The summed E-state index contributed by atoms with van der Waals surface area (Å²) in [5.74, 6) is 0.529. The van der Waals surface area contributed by atoms with Crippen LogP contribution in [0.15, 0.2) is 26.1 Å². The molecule has 1 aliphatic rings. The molecule has 1 heterocycles. The van der Waals surface area contributed by atoms with Crippen LogP contribution in [0.2, 0.25) is 0 Å². The van der Waals surface area contributed by atoms with E-state index in [9.17, 15) is 9.18 Å². The van der Waals surface area contributed by atoms with Gasteiger partial charge < -0.3 is 10.2 Å². The Balaban J connectivity index is 2.16. The summed E-state index contributed by atoms with van der Waals surface area (Å²) < 4.78 is 14.0. The molecule has 0 atom stereocenters. The molecular formula is C11H10Br2FN3OS. The Morgan fingerprint density at radius 3 is 2.63 bits per heavy atom. The average molecular weight is 411 g/mol. The number of amidine groups is 1. The van der Waals surface area contributed by atoms with Crippen molar-refractivity contribution in [1.29, 1.82) is 0 Å². The fraction of sp³-hybridized carbons (Fsp3) is 0.273. The zero-order valence-corrected chi connectivity index (χ0v) is 13.9. The number of nitrogens with zero attached hydrogens (tertiary/aromatic N) is 2. The predicted octanol–water partition coefficient (Wildman–Crippen LogP) is 3.92. The third-order valence-corrected chi connectivity index (χ3v) is 4.72. The van der Waals surface area contributed by atoms with Crippen molar-refractivity contribution in [2.24, 2.45) is 4.99 Å². The first-order valence-electron chi connectivity index (χ1n) is 5.35. The monoisotopic (exact) mass is 409 g/mol. The molecule has 0 aromatic heterocycles. The average Bonchev–Trinajstić information content (AvgIpc) is 2.69. The molecule has 19 heavy (non-hydrogen) atoms. The number of amides is 2. The number of nitrogens with one attached hydrogen (secondary N) is 1. The van der Waals surface area contributed by atoms with E-state index in [0.29, 0.717) is 19.8 Å². The fourth-order valence-electron chi connectivity index (χ4n) is 1.48. The molecule has 4 nitrogen and oxygen atoms in total. The van der Waals surface area contributed by atoms with Gasteiger partial charge in [0, 0.05) is 28.3 Å². The Morgan fingerprint density at radius 1 is 1.47 bits per heavy atom. The van der Waals surface area contributed by atoms with Crippen molar-refractivity contribution in [1.82, 2.24) is 4.90 Å². The van der Waals surface area contributed by atoms with Gasteiger partial charge in [-0.05, 0) is 44.0 Å². The Bertz CT molecular complexity index is 530. The van der Waals surface area contributed by atoms with Crippen LogP contribution >= 0.6 is 43.6 Å². The van der Waals surface area contributed by atoms with Crippen LogP contribution in [0.5, 0.6) is 0 Å². The molecule has 0 unspecified atom stereocenters. The first-order chi connectivity index (χ1) is 8.97. The number of halogens is 3. The number of benzene rings is 1. The van der Waals surface area contributed by atoms with Crippen molar-refractivity contribution in [3.05, 3.63) is 26.9 Å². The first-order valence-corrected chi connectivity index (χ1v) is 7.92. The van der Waals surface area contributed by atoms with Crippen molar-refractivity contribution < 1.29 is 9.18 Å². The van der Waals surface area contributed by atoms with Crippen LogP contribution in [0.3, 0.4) is 0 Å². The Kier molecular flexibility index (Phi) is 4.86. The van der Waals surface area contributed by atoms with Gasteiger partial charge in [0.1, 0.15) is 5.82 Å². The van der Waals surface area contributed by atoms with Gasteiger partial charge in [-0.2, -0.15) is 4.99 Å². The van der Waals surface area contributed by atoms with Crippen LogP contribution in [0.4, 0.5) is 14.9 Å². The van der Waals surface area contributed by atoms with Gasteiger partial charge in [-0.3, -0.25) is 0 Å². The highest BCUT2D eigenvalue weighted by atomic mass is 79.9. The third kappa shape index (κ3) is 3.70. The summed E-state index contributed by atoms with van der Waals surface area (Å²) in [6.07, 6.45) is 0. The van der Waals surface area contributed by atoms with Crippen LogP contribution in [0.1, 0.15) is 0 Å². The molecule has 1 aliphatic heterocycles. The second kappa shape index (κ2) is 6.23. The van der Waals surface area contributed by atoms with E-state index in [-0.39, 0.29) is 0 Å². The lowest BCUT2D eigenvalue weighted by Crippen LogP contribution is -2.21. The molecule has 2 rings (SSSR count). The van der Waals surface area contributed by atoms with Crippen LogP contribution < -0.4 is 5.32 Å². The molecule has 1 saturated heterocycles. The zero-order chi connectivity index (χ0) is 14.0. The lowest BCUT2D eigenvalue weighted by Gasteiger charge is -2.11. The maximum Gasteiger partial charge on any atom is 0.347 e. The number of anilines is 1. The number of carbonyl (C=O) groups excluding carboxylic acids is 1. The summed E-state index contributed by atoms with van der Waals surface area (Å²) >= 11 is 7.94. The number of thioether (sulfide) groups is 1. The lowest BCUT2D eigenvalue weighted by molar-refractivity contribution is 0.259. The molecule has 0 radical (unpaired) electrons. The van der Waals surface area contributed by atoms with Gasteiger partial charge in [0.2, 0.25) is 0 Å². The van der Waals surface area contributed by atoms with Crippen LogP contribution in [0, 0.1) is 5.82 Å². The van der Waals surface area contributed by atoms with Crippen LogP contribution in [0.25, 0.3) is 0 Å². The molecule has 0 aliphatic carbocycles. The van der Waals surface area contributed by atoms with E-state index in [2.05, 4.69) is 42.2 Å². The van der Waals surface area contributed by atoms with Gasteiger partial charge in [0.15, 0.2) is 5.17 Å². The molecule has 2 amide bonds. The summed E-state index contributed by atoms with van der Waals surface area (Å²) in [4.78, 5) is 17.7. The zero-order valence-electron chi connectivity index (χ0n) is 9.91. The van der Waals surface area contributed by atoms with Gasteiger partial charge in [-0.25, -0.2) is 9.18 Å². The molecule has 0 spiro atoms. The summed E-state index contributed by atoms with van der Waals surface area (Å²) in [7, 11) is 1.88. The summed E-state index contributed by atoms with van der Waals surface area (Å²) in [5, 5.41) is 3.31. The largest absolute Gasteiger partial charge is 0.353 e. The maximum absolute atomic E-state index is 13.1. The topological polar surface area (TPSA) is 44.7 Å². The number of hydrogen-bond acceptors (Lipinski definition) is 2. The van der Waals surface area contributed by atoms with Gasteiger partial charge >= 0.3 is 6.03 Å². The SMILES string of the molecule is CN1CCSC1=NC(=O)Nc1c(Br)cc(F)cc1Br. The molecule has 102 valence electrons. The molecule has 1 N–H and O–H groups in total. The highest BCUT2D eigenvalue weighted by Crippen LogP contribution is 2.32. The first kappa shape index (κ1) is 14.8. The summed E-state index contributed by atoms with van der Waals surface area (Å²) in [6, 6.07) is 2.08. The molecule has 1 aromatic carbocycles. The molecular weight excluding hydrogens is 401 g/mol. The summed E-state index contributed by atoms with van der Waals surface area (Å²) in [5.41, 5.74) is 0.460. The minimum atomic E-state index is -0.482. The molecule has 1 aromatic rings. The van der Waals surface area contributed by atoms with Crippen molar-refractivity contribution >= 4 is 60.5 Å². The highest BCUT2D eigenvalue weighted by Gasteiger charge is 2.17. The van der Waals surface area contributed by atoms with Gasteiger partial charge in [-0.1, -0.05) is 11.8 Å². The van der Waals surface area contributed by atoms with Crippen LogP contribution in [-0.2, 0) is 0 Å². The van der Waals surface area contributed by atoms with Crippen molar-refractivity contribution in [2.45, 2.75) is 0 Å². The van der Waals surface area contributed by atoms with E-state index in [4.69, 9.17) is 0 Å². The van der Waals surface area contributed by atoms with Gasteiger partial charge in [0.05, 0.1) is 5.69 Å². The van der Waals surface area contributed by atoms with E-state index in [0.717, 1.165) is 12.3 Å². The molecule has 0 bridgehead atoms. The number of carbonyl (C=O) groups is 1. The summed E-state index contributed by atoms with van der Waals surface area (Å²) in [6.45, 7) is 0.876. The van der Waals surface area contributed by atoms with E-state index in [1.54, 1.807) is 0 Å². The number of hydrogen-bond donors (Lipinski definition) is 1. The number of urea groups is 1. The standard InChI is InChI=1S/C11H10Br2FN3OS/c1-17-2-3-19-11(17)16-10(18)15-9-7(12)4-6(14)5-8(9)13/h4-5H,2-3H2,1H3,(H,15,18). The second-order valence-corrected chi connectivity index (χ2v) is 6.61. The quantitative estimate of drug-likeness (QED) is 0.763. The van der Waals surface area contributed by atoms with Gasteiger partial charge in [-0.15, -0.1) is 0 Å². The Labute approximate surface area is 131 Å². The van der Waals surface area contributed by atoms with Crippen molar-refractivity contribution in [3.8, 4) is 0 Å². The van der Waals surface area contributed by atoms with Crippen molar-refractivity contribution in [2.75, 3.05) is 24.7 Å². The normalized spacial score (nSPS) is 17.1. The smallest absolute Gasteiger partial charge is 0.347 e. The molecule has 0 saturated carbocycles. The minimum absolute atomic E-state index is 0.394. The van der Waals surface area contributed by atoms with E-state index >= 15 is 0 Å². The lowest BCUT2D eigenvalue weighted by atomic mass is 10.3. The van der Waals surface area contributed by atoms with E-state index in [1.165, 1.54) is 23.9 Å². The van der Waals surface area contributed by atoms with Crippen LogP contribution in [-0.4, -0.2) is 35.4 Å². The Morgan fingerprint density at radius 2 is 2.11 bits per heavy atom. The van der Waals surface area contributed by atoms with Crippen molar-refractivity contribution in [3.63, 3.8) is 0 Å². The fourth-order valence-corrected chi connectivity index (χ4v) is 3.82. The van der Waals surface area contributed by atoms with E-state index in [1.807, 2.05) is 11.9 Å². The highest BCUT2D eigenvalue weighted by molar-refractivity contribution is 9.11. The Hall–Kier alpha value is -0.600.